The van der Waals surface area contributed by atoms with Crippen LogP contribution in [0.2, 0.25) is 0 Å². The van der Waals surface area contributed by atoms with Gasteiger partial charge in [-0.05, 0) is 50.1 Å². The number of piperidine rings is 1. The molecule has 0 spiro atoms. The fourth-order valence-corrected chi connectivity index (χ4v) is 5.31. The smallest absolute Gasteiger partial charge is 0.264 e. The zero-order chi connectivity index (χ0) is 22.7. The van der Waals surface area contributed by atoms with E-state index in [2.05, 4.69) is 17.1 Å². The minimum Gasteiger partial charge on any atom is -0.339 e. The molecule has 1 aromatic heterocycles. The molecule has 2 heterocycles. The van der Waals surface area contributed by atoms with Gasteiger partial charge in [-0.25, -0.2) is 8.42 Å². The molecule has 0 bridgehead atoms. The number of benzene rings is 2. The van der Waals surface area contributed by atoms with Crippen LogP contribution in [0.15, 0.2) is 65.8 Å². The predicted octanol–water partition coefficient (Wildman–Crippen LogP) is 3.14. The Balaban J connectivity index is 1.48. The van der Waals surface area contributed by atoms with Crippen LogP contribution in [0, 0.1) is 0 Å². The average molecular weight is 454 g/mol. The molecule has 2 aromatic carbocycles. The number of hydrogen-bond donors (Lipinski definition) is 0. The summed E-state index contributed by atoms with van der Waals surface area (Å²) in [6.07, 6.45) is 3.35. The molecule has 1 amide bonds. The van der Waals surface area contributed by atoms with E-state index in [1.54, 1.807) is 47.6 Å². The van der Waals surface area contributed by atoms with Crippen LogP contribution in [-0.4, -0.2) is 54.1 Å². The number of aryl methyl sites for hydroxylation is 1. The Morgan fingerprint density at radius 2 is 1.81 bits per heavy atom. The SMILES string of the molecule is CCn1cnnc1C1CCN(C(=O)c2cccc(S(=O)(=O)N(C)c3ccccc3)c2)CC1. The molecule has 0 N–H and O–H groups in total. The first-order chi connectivity index (χ1) is 15.4. The largest absolute Gasteiger partial charge is 0.339 e. The number of sulfonamides is 1. The van der Waals surface area contributed by atoms with E-state index in [0.717, 1.165) is 25.2 Å². The maximum atomic E-state index is 13.1. The molecule has 0 atom stereocenters. The van der Waals surface area contributed by atoms with Gasteiger partial charge >= 0.3 is 0 Å². The molecule has 1 aliphatic heterocycles. The molecule has 1 aliphatic rings. The van der Waals surface area contributed by atoms with Gasteiger partial charge in [0, 0.05) is 38.2 Å². The highest BCUT2D eigenvalue weighted by molar-refractivity contribution is 7.92. The van der Waals surface area contributed by atoms with Crippen molar-refractivity contribution in [3.05, 3.63) is 72.3 Å². The molecule has 1 saturated heterocycles. The molecular formula is C23H27N5O3S. The molecule has 0 saturated carbocycles. The van der Waals surface area contributed by atoms with Gasteiger partial charge in [0.25, 0.3) is 15.9 Å². The van der Waals surface area contributed by atoms with Crippen LogP contribution in [0.1, 0.15) is 41.9 Å². The third-order valence-corrected chi connectivity index (χ3v) is 7.77. The van der Waals surface area contributed by atoms with Crippen molar-refractivity contribution in [2.75, 3.05) is 24.4 Å². The number of anilines is 1. The van der Waals surface area contributed by atoms with E-state index in [4.69, 9.17) is 0 Å². The van der Waals surface area contributed by atoms with Gasteiger partial charge in [0.15, 0.2) is 0 Å². The highest BCUT2D eigenvalue weighted by Crippen LogP contribution is 2.28. The van der Waals surface area contributed by atoms with Gasteiger partial charge < -0.3 is 9.47 Å². The molecule has 0 radical (unpaired) electrons. The third kappa shape index (κ3) is 4.25. The predicted molar refractivity (Wildman–Crippen MR) is 122 cm³/mol. The van der Waals surface area contributed by atoms with Crippen LogP contribution in [0.5, 0.6) is 0 Å². The zero-order valence-corrected chi connectivity index (χ0v) is 19.1. The lowest BCUT2D eigenvalue weighted by atomic mass is 9.95. The Morgan fingerprint density at radius 3 is 2.50 bits per heavy atom. The Morgan fingerprint density at radius 1 is 1.09 bits per heavy atom. The van der Waals surface area contributed by atoms with Crippen LogP contribution in [0.3, 0.4) is 0 Å². The zero-order valence-electron chi connectivity index (χ0n) is 18.3. The fourth-order valence-electron chi connectivity index (χ4n) is 4.07. The molecule has 0 aliphatic carbocycles. The van der Waals surface area contributed by atoms with E-state index in [1.165, 1.54) is 23.5 Å². The number of likely N-dealkylation sites (tertiary alicyclic amines) is 1. The molecular weight excluding hydrogens is 426 g/mol. The van der Waals surface area contributed by atoms with Crippen LogP contribution in [0.25, 0.3) is 0 Å². The van der Waals surface area contributed by atoms with Crippen molar-refractivity contribution in [1.82, 2.24) is 19.7 Å². The van der Waals surface area contributed by atoms with Gasteiger partial charge in [-0.3, -0.25) is 9.10 Å². The maximum absolute atomic E-state index is 13.1. The van der Waals surface area contributed by atoms with Crippen molar-refractivity contribution in [1.29, 1.82) is 0 Å². The number of nitrogens with zero attached hydrogens (tertiary/aromatic N) is 5. The molecule has 3 aromatic rings. The second-order valence-corrected chi connectivity index (χ2v) is 9.85. The Bertz CT molecular complexity index is 1190. The Labute approximate surface area is 188 Å². The number of carbonyl (C=O) groups excluding carboxylic acids is 1. The van der Waals surface area contributed by atoms with Gasteiger partial charge in [0.05, 0.1) is 10.6 Å². The number of carbonyl (C=O) groups is 1. The molecule has 1 fully saturated rings. The number of para-hydroxylation sites is 1. The molecule has 9 heteroatoms. The minimum absolute atomic E-state index is 0.0978. The summed E-state index contributed by atoms with van der Waals surface area (Å²) in [5, 5.41) is 8.27. The average Bonchev–Trinajstić information content (AvgIpc) is 3.33. The first-order valence-corrected chi connectivity index (χ1v) is 12.2. The van der Waals surface area contributed by atoms with Gasteiger partial charge in [-0.2, -0.15) is 0 Å². The van der Waals surface area contributed by atoms with Gasteiger partial charge in [0.2, 0.25) is 0 Å². The topological polar surface area (TPSA) is 88.4 Å². The second kappa shape index (κ2) is 9.12. The van der Waals surface area contributed by atoms with Crippen LogP contribution >= 0.6 is 0 Å². The molecule has 0 unspecified atom stereocenters. The van der Waals surface area contributed by atoms with Crippen molar-refractivity contribution in [3.63, 3.8) is 0 Å². The van der Waals surface area contributed by atoms with E-state index in [-0.39, 0.29) is 16.7 Å². The van der Waals surface area contributed by atoms with Crippen LogP contribution < -0.4 is 4.31 Å². The quantitative estimate of drug-likeness (QED) is 0.572. The standard InChI is InChI=1S/C23H27N5O3S/c1-3-27-17-24-25-22(27)18-12-14-28(15-13-18)23(29)19-8-7-11-21(16-19)32(30,31)26(2)20-9-5-4-6-10-20/h4-11,16-18H,3,12-15H2,1-2H3. The first kappa shape index (κ1) is 22.0. The Hall–Kier alpha value is -3.20. The number of hydrogen-bond acceptors (Lipinski definition) is 5. The molecule has 168 valence electrons. The van der Waals surface area contributed by atoms with E-state index in [0.29, 0.717) is 24.3 Å². The monoisotopic (exact) mass is 453 g/mol. The lowest BCUT2D eigenvalue weighted by Crippen LogP contribution is -2.38. The maximum Gasteiger partial charge on any atom is 0.264 e. The highest BCUT2D eigenvalue weighted by atomic mass is 32.2. The van der Waals surface area contributed by atoms with E-state index >= 15 is 0 Å². The molecule has 32 heavy (non-hydrogen) atoms. The van der Waals surface area contributed by atoms with Crippen LogP contribution in [-0.2, 0) is 16.6 Å². The minimum atomic E-state index is -3.78. The number of rotatable bonds is 6. The summed E-state index contributed by atoms with van der Waals surface area (Å²) in [6.45, 7) is 4.07. The lowest BCUT2D eigenvalue weighted by Gasteiger charge is -2.31. The lowest BCUT2D eigenvalue weighted by molar-refractivity contribution is 0.0710. The molecule has 4 rings (SSSR count). The highest BCUT2D eigenvalue weighted by Gasteiger charge is 2.28. The summed E-state index contributed by atoms with van der Waals surface area (Å²) in [5.41, 5.74) is 0.939. The summed E-state index contributed by atoms with van der Waals surface area (Å²) in [4.78, 5) is 15.0. The summed E-state index contributed by atoms with van der Waals surface area (Å²) >= 11 is 0. The van der Waals surface area contributed by atoms with Gasteiger partial charge in [-0.15, -0.1) is 10.2 Å². The summed E-state index contributed by atoms with van der Waals surface area (Å²) in [6, 6.07) is 15.2. The van der Waals surface area contributed by atoms with E-state index in [1.807, 2.05) is 10.6 Å². The number of amides is 1. The van der Waals surface area contributed by atoms with Crippen LogP contribution in [0.4, 0.5) is 5.69 Å². The van der Waals surface area contributed by atoms with Gasteiger partial charge in [-0.1, -0.05) is 24.3 Å². The number of aromatic nitrogens is 3. The summed E-state index contributed by atoms with van der Waals surface area (Å²) in [5.74, 6) is 1.09. The van der Waals surface area contributed by atoms with E-state index < -0.39 is 10.0 Å². The van der Waals surface area contributed by atoms with Crippen molar-refractivity contribution in [2.24, 2.45) is 0 Å². The van der Waals surface area contributed by atoms with Crippen molar-refractivity contribution in [2.45, 2.75) is 37.1 Å². The van der Waals surface area contributed by atoms with E-state index in [9.17, 15) is 13.2 Å². The van der Waals surface area contributed by atoms with Crippen molar-refractivity contribution in [3.8, 4) is 0 Å². The summed E-state index contributed by atoms with van der Waals surface area (Å²) < 4.78 is 29.5. The molecule has 8 nitrogen and oxygen atoms in total. The Kier molecular flexibility index (Phi) is 6.27. The first-order valence-electron chi connectivity index (χ1n) is 10.7. The normalized spacial score (nSPS) is 15.0. The fraction of sp³-hybridized carbons (Fsp3) is 0.348. The van der Waals surface area contributed by atoms with Gasteiger partial charge in [0.1, 0.15) is 12.2 Å². The second-order valence-electron chi connectivity index (χ2n) is 7.88. The van der Waals surface area contributed by atoms with Crippen molar-refractivity contribution >= 4 is 21.6 Å². The third-order valence-electron chi connectivity index (χ3n) is 5.99. The summed E-state index contributed by atoms with van der Waals surface area (Å²) in [7, 11) is -2.27. The van der Waals surface area contributed by atoms with Crippen molar-refractivity contribution < 1.29 is 13.2 Å².